The lowest BCUT2D eigenvalue weighted by atomic mass is 10.1. The largest absolute Gasteiger partial charge is 0.396 e. The molecule has 3 N–H and O–H groups in total. The van der Waals surface area contributed by atoms with Crippen molar-refractivity contribution in [2.24, 2.45) is 0 Å². The summed E-state index contributed by atoms with van der Waals surface area (Å²) in [5.74, 6) is 0. The van der Waals surface area contributed by atoms with Crippen molar-refractivity contribution in [1.82, 2.24) is 4.90 Å². The average molecular weight is 464 g/mol. The second kappa shape index (κ2) is 11.0. The predicted octanol–water partition coefficient (Wildman–Crippen LogP) is 6.40. The molecule has 0 heterocycles. The van der Waals surface area contributed by atoms with Crippen molar-refractivity contribution in [2.45, 2.75) is 25.5 Å². The Morgan fingerprint density at radius 3 is 2.13 bits per heavy atom. The maximum atomic E-state index is 10.8. The highest BCUT2D eigenvalue weighted by atomic mass is 35.5. The zero-order valence-corrected chi connectivity index (χ0v) is 18.8. The highest BCUT2D eigenvalue weighted by molar-refractivity contribution is 6.38. The number of nitrogen functional groups attached to an aromatic ring is 1. The summed E-state index contributed by atoms with van der Waals surface area (Å²) in [5.41, 5.74) is 9.26. The molecular formula is C24H25Cl3N2O. The number of halogens is 3. The van der Waals surface area contributed by atoms with Gasteiger partial charge in [-0.2, -0.15) is 0 Å². The molecule has 0 saturated heterocycles. The summed E-state index contributed by atoms with van der Waals surface area (Å²) in [5, 5.41) is 12.3. The number of aliphatic hydroxyl groups excluding tert-OH is 1. The third-order valence-corrected chi connectivity index (χ3v) is 5.90. The van der Waals surface area contributed by atoms with Gasteiger partial charge in [0.2, 0.25) is 0 Å². The molecule has 30 heavy (non-hydrogen) atoms. The van der Waals surface area contributed by atoms with Gasteiger partial charge in [-0.3, -0.25) is 4.90 Å². The topological polar surface area (TPSA) is 49.5 Å². The highest BCUT2D eigenvalue weighted by Gasteiger charge is 2.17. The fraction of sp³-hybridized carbons (Fsp3) is 0.250. The van der Waals surface area contributed by atoms with Gasteiger partial charge >= 0.3 is 0 Å². The number of hydrogen-bond acceptors (Lipinski definition) is 3. The second-order valence-corrected chi connectivity index (χ2v) is 8.62. The maximum Gasteiger partial charge on any atom is 0.0918 e. The van der Waals surface area contributed by atoms with E-state index in [0.717, 1.165) is 31.0 Å². The molecule has 3 aromatic rings. The van der Waals surface area contributed by atoms with Crippen LogP contribution in [-0.2, 0) is 13.0 Å². The van der Waals surface area contributed by atoms with Crippen LogP contribution in [0.1, 0.15) is 29.2 Å². The quantitative estimate of drug-likeness (QED) is 0.361. The summed E-state index contributed by atoms with van der Waals surface area (Å²) >= 11 is 18.3. The first-order valence-electron chi connectivity index (χ1n) is 9.85. The SMILES string of the molecule is Nc1c(Cl)cc(C(O)CN(CCCc2ccc(Cl)cc2)Cc2ccccc2)cc1Cl. The molecule has 158 valence electrons. The molecule has 3 aromatic carbocycles. The third kappa shape index (κ3) is 6.63. The Balaban J connectivity index is 1.67. The molecule has 0 fully saturated rings. The van der Waals surface area contributed by atoms with Crippen molar-refractivity contribution in [3.63, 3.8) is 0 Å². The Morgan fingerprint density at radius 2 is 1.50 bits per heavy atom. The molecule has 0 aliphatic carbocycles. The summed E-state index contributed by atoms with van der Waals surface area (Å²) in [6.45, 7) is 2.05. The summed E-state index contributed by atoms with van der Waals surface area (Å²) in [6.07, 6.45) is 1.18. The van der Waals surface area contributed by atoms with Crippen molar-refractivity contribution in [3.8, 4) is 0 Å². The van der Waals surface area contributed by atoms with E-state index in [1.54, 1.807) is 12.1 Å². The number of nitrogens with two attached hydrogens (primary N) is 1. The highest BCUT2D eigenvalue weighted by Crippen LogP contribution is 2.31. The van der Waals surface area contributed by atoms with E-state index in [-0.39, 0.29) is 0 Å². The molecule has 0 radical (unpaired) electrons. The van der Waals surface area contributed by atoms with E-state index in [1.165, 1.54) is 11.1 Å². The first kappa shape index (κ1) is 22.9. The van der Waals surface area contributed by atoms with Gasteiger partial charge in [-0.25, -0.2) is 0 Å². The van der Waals surface area contributed by atoms with Crippen LogP contribution in [0.3, 0.4) is 0 Å². The van der Waals surface area contributed by atoms with E-state index in [0.29, 0.717) is 27.8 Å². The number of rotatable bonds is 9. The molecule has 0 spiro atoms. The third-order valence-electron chi connectivity index (χ3n) is 5.02. The number of benzene rings is 3. The standard InChI is InChI=1S/C24H25Cl3N2O/c25-20-10-8-17(9-11-20)7-4-12-29(15-18-5-2-1-3-6-18)16-23(30)19-13-21(26)24(28)22(27)14-19/h1-3,5-6,8-11,13-14,23,30H,4,7,12,15-16,28H2. The number of anilines is 1. The number of hydrogen-bond donors (Lipinski definition) is 2. The van der Waals surface area contributed by atoms with Crippen molar-refractivity contribution >= 4 is 40.5 Å². The minimum Gasteiger partial charge on any atom is -0.396 e. The van der Waals surface area contributed by atoms with Crippen molar-refractivity contribution in [1.29, 1.82) is 0 Å². The second-order valence-electron chi connectivity index (χ2n) is 7.36. The van der Waals surface area contributed by atoms with E-state index in [1.807, 2.05) is 30.3 Å². The van der Waals surface area contributed by atoms with Gasteiger partial charge in [0.1, 0.15) is 0 Å². The van der Waals surface area contributed by atoms with Gasteiger partial charge in [0.25, 0.3) is 0 Å². The fourth-order valence-corrected chi connectivity index (χ4v) is 4.01. The van der Waals surface area contributed by atoms with E-state index < -0.39 is 6.10 Å². The molecule has 0 aliphatic heterocycles. The van der Waals surface area contributed by atoms with Crippen LogP contribution in [0.2, 0.25) is 15.1 Å². The zero-order chi connectivity index (χ0) is 21.5. The van der Waals surface area contributed by atoms with Crippen LogP contribution in [0.25, 0.3) is 0 Å². The van der Waals surface area contributed by atoms with Gasteiger partial charge in [0, 0.05) is 18.1 Å². The molecule has 1 atom stereocenters. The summed E-state index contributed by atoms with van der Waals surface area (Å²) in [4.78, 5) is 2.24. The molecule has 0 saturated carbocycles. The summed E-state index contributed by atoms with van der Waals surface area (Å²) in [6, 6.07) is 21.5. The van der Waals surface area contributed by atoms with Crippen LogP contribution >= 0.6 is 34.8 Å². The molecule has 0 bridgehead atoms. The Morgan fingerprint density at radius 1 is 0.867 bits per heavy atom. The lowest BCUT2D eigenvalue weighted by Gasteiger charge is -2.26. The summed E-state index contributed by atoms with van der Waals surface area (Å²) in [7, 11) is 0. The molecule has 0 aromatic heterocycles. The van der Waals surface area contributed by atoms with Gasteiger partial charge in [0.05, 0.1) is 21.8 Å². The summed E-state index contributed by atoms with van der Waals surface area (Å²) < 4.78 is 0. The maximum absolute atomic E-state index is 10.8. The van der Waals surface area contributed by atoms with Crippen LogP contribution in [0.15, 0.2) is 66.7 Å². The van der Waals surface area contributed by atoms with Crippen LogP contribution in [0.5, 0.6) is 0 Å². The van der Waals surface area contributed by atoms with Crippen molar-refractivity contribution in [3.05, 3.63) is 98.5 Å². The fourth-order valence-electron chi connectivity index (χ4n) is 3.38. The normalized spacial score (nSPS) is 12.3. The van der Waals surface area contributed by atoms with Crippen molar-refractivity contribution in [2.75, 3.05) is 18.8 Å². The van der Waals surface area contributed by atoms with Crippen LogP contribution in [-0.4, -0.2) is 23.1 Å². The minimum atomic E-state index is -0.722. The molecule has 1 unspecified atom stereocenters. The number of nitrogens with zero attached hydrogens (tertiary/aromatic N) is 1. The number of aryl methyl sites for hydroxylation is 1. The smallest absolute Gasteiger partial charge is 0.0918 e. The average Bonchev–Trinajstić information content (AvgIpc) is 2.73. The van der Waals surface area contributed by atoms with Crippen LogP contribution in [0, 0.1) is 0 Å². The van der Waals surface area contributed by atoms with E-state index in [9.17, 15) is 5.11 Å². The Bertz CT molecular complexity index is 925. The Kier molecular flexibility index (Phi) is 8.43. The zero-order valence-electron chi connectivity index (χ0n) is 16.6. The van der Waals surface area contributed by atoms with Crippen molar-refractivity contribution < 1.29 is 5.11 Å². The van der Waals surface area contributed by atoms with Gasteiger partial charge in [-0.05, 0) is 60.3 Å². The molecule has 3 rings (SSSR count). The van der Waals surface area contributed by atoms with Gasteiger partial charge in [0.15, 0.2) is 0 Å². The lowest BCUT2D eigenvalue weighted by Crippen LogP contribution is -2.29. The number of aliphatic hydroxyl groups is 1. The van der Waals surface area contributed by atoms with E-state index in [4.69, 9.17) is 40.5 Å². The molecular weight excluding hydrogens is 439 g/mol. The van der Waals surface area contributed by atoms with Crippen LogP contribution in [0.4, 0.5) is 5.69 Å². The molecule has 0 amide bonds. The first-order valence-corrected chi connectivity index (χ1v) is 11.0. The Labute approximate surface area is 193 Å². The molecule has 3 nitrogen and oxygen atoms in total. The van der Waals surface area contributed by atoms with E-state index >= 15 is 0 Å². The predicted molar refractivity (Wildman–Crippen MR) is 127 cm³/mol. The first-order chi connectivity index (χ1) is 14.4. The monoisotopic (exact) mass is 462 g/mol. The Hall–Kier alpha value is -1.75. The van der Waals surface area contributed by atoms with E-state index in [2.05, 4.69) is 29.2 Å². The lowest BCUT2D eigenvalue weighted by molar-refractivity contribution is 0.108. The van der Waals surface area contributed by atoms with Gasteiger partial charge < -0.3 is 10.8 Å². The molecule has 6 heteroatoms. The minimum absolute atomic E-state index is 0.332. The molecule has 0 aliphatic rings. The van der Waals surface area contributed by atoms with Gasteiger partial charge in [-0.1, -0.05) is 77.3 Å². The van der Waals surface area contributed by atoms with Crippen LogP contribution < -0.4 is 5.73 Å². The van der Waals surface area contributed by atoms with Gasteiger partial charge in [-0.15, -0.1) is 0 Å².